The number of nitrogens with one attached hydrogen (secondary N) is 1. The van der Waals surface area contributed by atoms with E-state index in [0.29, 0.717) is 0 Å². The molecule has 0 amide bonds. The lowest BCUT2D eigenvalue weighted by molar-refractivity contribution is 0.0443. The number of nitrogens with zero attached hydrogens (tertiary/aromatic N) is 3. The van der Waals surface area contributed by atoms with Gasteiger partial charge in [0.1, 0.15) is 0 Å². The van der Waals surface area contributed by atoms with Gasteiger partial charge in [-0.1, -0.05) is 5.92 Å². The average molecular weight is 529 g/mol. The third-order valence-electron chi connectivity index (χ3n) is 4.77. The van der Waals surface area contributed by atoms with Crippen molar-refractivity contribution in [3.05, 3.63) is 16.7 Å². The van der Waals surface area contributed by atoms with Gasteiger partial charge in [-0.3, -0.25) is 14.3 Å². The van der Waals surface area contributed by atoms with Crippen LogP contribution in [0.4, 0.5) is 5.95 Å². The van der Waals surface area contributed by atoms with Crippen LogP contribution in [0.25, 0.3) is 11.2 Å². The van der Waals surface area contributed by atoms with Crippen LogP contribution in [-0.2, 0) is 26.8 Å². The van der Waals surface area contributed by atoms with Crippen LogP contribution >= 0.6 is 23.5 Å². The number of phosphoric ester groups is 1. The Hall–Kier alpha value is -1.92. The number of aliphatic hydroxyl groups excluding tert-OH is 1. The SMILES string of the molecule is C#C[C@]1(COP(=O)(O)OP(=O)(O)OP(=O)(O)O)C[C@@H](n2cnc3c(=O)[nH]c(N)nc32)C[C@@H]1O. The summed E-state index contributed by atoms with van der Waals surface area (Å²) in [7, 11) is -16.7. The lowest BCUT2D eigenvalue weighted by Crippen LogP contribution is -2.33. The summed E-state index contributed by atoms with van der Waals surface area (Å²) >= 11 is 0. The maximum absolute atomic E-state index is 12.0. The number of H-pyrrole nitrogens is 1. The van der Waals surface area contributed by atoms with E-state index in [0.717, 1.165) is 0 Å². The Kier molecular flexibility index (Phi) is 6.77. The summed E-state index contributed by atoms with van der Waals surface area (Å²) in [6.45, 7) is -0.867. The first kappa shape index (κ1) is 25.7. The zero-order valence-electron chi connectivity index (χ0n) is 16.3. The van der Waals surface area contributed by atoms with Crippen LogP contribution in [0.2, 0.25) is 0 Å². The van der Waals surface area contributed by atoms with E-state index in [9.17, 15) is 33.4 Å². The van der Waals surface area contributed by atoms with Crippen LogP contribution in [0, 0.1) is 17.8 Å². The summed E-state index contributed by atoms with van der Waals surface area (Å²) in [5, 5.41) is 10.6. The molecule has 0 saturated heterocycles. The molecule has 2 aromatic rings. The fourth-order valence-corrected chi connectivity index (χ4v) is 6.49. The molecule has 0 aromatic carbocycles. The molecule has 0 aliphatic heterocycles. The molecule has 182 valence electrons. The van der Waals surface area contributed by atoms with Gasteiger partial charge in [-0.15, -0.1) is 6.42 Å². The molecule has 1 aliphatic carbocycles. The number of aromatic nitrogens is 4. The predicted octanol–water partition coefficient (Wildman–Crippen LogP) is -0.640. The fraction of sp³-hybridized carbons (Fsp3) is 0.462. The van der Waals surface area contributed by atoms with Gasteiger partial charge < -0.3 is 35.0 Å². The molecule has 1 fully saturated rings. The van der Waals surface area contributed by atoms with E-state index in [1.165, 1.54) is 10.9 Å². The molecule has 2 aromatic heterocycles. The highest BCUT2D eigenvalue weighted by molar-refractivity contribution is 7.66. The number of hydrogen-bond donors (Lipinski definition) is 7. The van der Waals surface area contributed by atoms with E-state index >= 15 is 0 Å². The summed E-state index contributed by atoms with van der Waals surface area (Å²) in [5.41, 5.74) is 3.44. The van der Waals surface area contributed by atoms with E-state index in [4.69, 9.17) is 21.9 Å². The van der Waals surface area contributed by atoms with Crippen molar-refractivity contribution in [1.82, 2.24) is 19.5 Å². The van der Waals surface area contributed by atoms with Gasteiger partial charge in [0.15, 0.2) is 11.2 Å². The molecule has 1 aliphatic rings. The molecular formula is C13H18N5O12P3. The Morgan fingerprint density at radius 2 is 1.94 bits per heavy atom. The Bertz CT molecular complexity index is 1310. The van der Waals surface area contributed by atoms with Gasteiger partial charge in [-0.05, 0) is 12.8 Å². The Balaban J connectivity index is 1.79. The van der Waals surface area contributed by atoms with E-state index in [1.54, 1.807) is 0 Å². The highest BCUT2D eigenvalue weighted by atomic mass is 31.3. The monoisotopic (exact) mass is 529 g/mol. The van der Waals surface area contributed by atoms with Crippen molar-refractivity contribution in [2.75, 3.05) is 12.3 Å². The number of nitrogens with two attached hydrogens (primary N) is 1. The molecular weight excluding hydrogens is 511 g/mol. The standard InChI is InChI=1S/C13H18N5O12P3/c1-2-13(5-28-32(24,25)30-33(26,27)29-31(21,22)23)4-7(3-8(13)19)18-6-15-9-10(18)16-12(14)17-11(9)20/h1,6-8,19H,3-5H2,(H,24,25)(H,26,27)(H2,21,22,23)(H3,14,16,17,20)/t7-,8-,13+/m0/s1. The molecule has 17 nitrogen and oxygen atoms in total. The quantitative estimate of drug-likeness (QED) is 0.165. The highest BCUT2D eigenvalue weighted by Gasteiger charge is 2.49. The van der Waals surface area contributed by atoms with Crippen molar-refractivity contribution < 1.29 is 51.5 Å². The number of aliphatic hydroxyl groups is 1. The van der Waals surface area contributed by atoms with E-state index in [-0.39, 0.29) is 30.0 Å². The number of imidazole rings is 1. The van der Waals surface area contributed by atoms with Crippen molar-refractivity contribution >= 4 is 40.6 Å². The topological polar surface area (TPSA) is 270 Å². The molecule has 0 bridgehead atoms. The summed E-state index contributed by atoms with van der Waals surface area (Å²) in [5.74, 6) is 2.09. The molecule has 3 rings (SSSR count). The molecule has 33 heavy (non-hydrogen) atoms. The largest absolute Gasteiger partial charge is 0.490 e. The second-order valence-corrected chi connectivity index (χ2v) is 11.5. The maximum Gasteiger partial charge on any atom is 0.490 e. The fourth-order valence-electron chi connectivity index (χ4n) is 3.40. The van der Waals surface area contributed by atoms with Crippen molar-refractivity contribution in [3.8, 4) is 12.3 Å². The number of hydrogen-bond acceptors (Lipinski definition) is 11. The normalized spacial score (nSPS) is 27.2. The first-order chi connectivity index (χ1) is 15.1. The number of rotatable bonds is 8. The van der Waals surface area contributed by atoms with Gasteiger partial charge in [0.25, 0.3) is 5.56 Å². The number of terminal acetylenes is 1. The van der Waals surface area contributed by atoms with Crippen molar-refractivity contribution in [2.24, 2.45) is 5.41 Å². The number of fused-ring (bicyclic) bond motifs is 1. The van der Waals surface area contributed by atoms with Crippen molar-refractivity contribution in [2.45, 2.75) is 25.0 Å². The van der Waals surface area contributed by atoms with Gasteiger partial charge in [0.2, 0.25) is 5.95 Å². The Morgan fingerprint density at radius 3 is 2.55 bits per heavy atom. The first-order valence-corrected chi connectivity index (χ1v) is 13.2. The van der Waals surface area contributed by atoms with E-state index in [2.05, 4.69) is 34.0 Å². The van der Waals surface area contributed by atoms with Crippen LogP contribution in [0.5, 0.6) is 0 Å². The second kappa shape index (κ2) is 8.70. The van der Waals surface area contributed by atoms with Gasteiger partial charge >= 0.3 is 23.5 Å². The highest BCUT2D eigenvalue weighted by Crippen LogP contribution is 2.66. The zero-order valence-corrected chi connectivity index (χ0v) is 19.0. The molecule has 0 spiro atoms. The van der Waals surface area contributed by atoms with Crippen LogP contribution in [0.3, 0.4) is 0 Å². The summed E-state index contributed by atoms with van der Waals surface area (Å²) in [6.07, 6.45) is 5.37. The number of anilines is 1. The van der Waals surface area contributed by atoms with Crippen molar-refractivity contribution in [1.29, 1.82) is 0 Å². The average Bonchev–Trinajstić information content (AvgIpc) is 3.18. The van der Waals surface area contributed by atoms with Crippen LogP contribution in [0.15, 0.2) is 11.1 Å². The second-order valence-electron chi connectivity index (χ2n) is 7.05. The minimum Gasteiger partial charge on any atom is -0.391 e. The third kappa shape index (κ3) is 5.78. The summed E-state index contributed by atoms with van der Waals surface area (Å²) in [4.78, 5) is 58.2. The predicted molar refractivity (Wildman–Crippen MR) is 108 cm³/mol. The number of nitrogen functional groups attached to an aromatic ring is 1. The lowest BCUT2D eigenvalue weighted by Gasteiger charge is -2.27. The van der Waals surface area contributed by atoms with Gasteiger partial charge in [-0.2, -0.15) is 13.6 Å². The van der Waals surface area contributed by atoms with E-state index in [1.807, 2.05) is 0 Å². The minimum atomic E-state index is -5.71. The third-order valence-corrected chi connectivity index (χ3v) is 8.55. The minimum absolute atomic E-state index is 0.0230. The molecule has 8 N–H and O–H groups in total. The molecule has 2 heterocycles. The van der Waals surface area contributed by atoms with Gasteiger partial charge in [0, 0.05) is 6.04 Å². The summed E-state index contributed by atoms with van der Waals surface area (Å²) < 4.78 is 47.5. The van der Waals surface area contributed by atoms with E-state index < -0.39 is 53.2 Å². The number of phosphoric acid groups is 3. The maximum atomic E-state index is 12.0. The smallest absolute Gasteiger partial charge is 0.391 e. The molecule has 0 radical (unpaired) electrons. The number of aromatic amines is 1. The molecule has 1 saturated carbocycles. The Morgan fingerprint density at radius 1 is 1.27 bits per heavy atom. The summed E-state index contributed by atoms with van der Waals surface area (Å²) in [6, 6.07) is -0.612. The van der Waals surface area contributed by atoms with Crippen LogP contribution in [0.1, 0.15) is 18.9 Å². The Labute approximate surface area is 184 Å². The molecule has 20 heteroatoms. The first-order valence-electron chi connectivity index (χ1n) is 8.73. The van der Waals surface area contributed by atoms with Crippen LogP contribution in [-0.4, -0.2) is 56.9 Å². The van der Waals surface area contributed by atoms with Gasteiger partial charge in [-0.25, -0.2) is 18.7 Å². The zero-order chi connectivity index (χ0) is 24.8. The molecule has 2 unspecified atom stereocenters. The van der Waals surface area contributed by atoms with Crippen LogP contribution < -0.4 is 11.3 Å². The lowest BCUT2D eigenvalue weighted by atomic mass is 9.86. The van der Waals surface area contributed by atoms with Gasteiger partial charge in [0.05, 0.1) is 24.5 Å². The molecule has 5 atom stereocenters. The van der Waals surface area contributed by atoms with Crippen molar-refractivity contribution in [3.63, 3.8) is 0 Å².